The number of carbonyl (C=O) groups is 1. The highest BCUT2D eigenvalue weighted by Crippen LogP contribution is 2.38. The standard InChI is InChI=1S/C16H15N3O3S/c1-21-13-5-11-12(6-14(13)22-17)18-7-10-4-15-9(2-3-23-15)8-19(10)16(11)20/h2-3,5-7,10H,4,8,17H2,1H3/t10-/m0/s1. The molecule has 0 saturated carbocycles. The van der Waals surface area contributed by atoms with E-state index in [1.807, 2.05) is 11.1 Å². The number of fused-ring (bicyclic) bond motifs is 3. The number of hydrogen-bond acceptors (Lipinski definition) is 6. The van der Waals surface area contributed by atoms with E-state index >= 15 is 0 Å². The molecule has 1 aromatic heterocycles. The van der Waals surface area contributed by atoms with Crippen LogP contribution in [0, 0.1) is 0 Å². The number of amides is 1. The van der Waals surface area contributed by atoms with Crippen LogP contribution in [0.25, 0.3) is 0 Å². The molecule has 1 aromatic carbocycles. The van der Waals surface area contributed by atoms with E-state index in [4.69, 9.17) is 15.5 Å². The van der Waals surface area contributed by atoms with Crippen LogP contribution in [0.4, 0.5) is 5.69 Å². The molecule has 1 amide bonds. The summed E-state index contributed by atoms with van der Waals surface area (Å²) in [5.41, 5.74) is 2.26. The summed E-state index contributed by atoms with van der Waals surface area (Å²) in [7, 11) is 1.51. The second-order valence-corrected chi connectivity index (χ2v) is 6.49. The normalized spacial score (nSPS) is 18.8. The molecule has 0 spiro atoms. The minimum atomic E-state index is -0.0544. The lowest BCUT2D eigenvalue weighted by atomic mass is 10.0. The van der Waals surface area contributed by atoms with Crippen LogP contribution >= 0.6 is 11.3 Å². The lowest BCUT2D eigenvalue weighted by Crippen LogP contribution is -2.44. The Morgan fingerprint density at radius 1 is 1.39 bits per heavy atom. The van der Waals surface area contributed by atoms with E-state index in [-0.39, 0.29) is 11.9 Å². The van der Waals surface area contributed by atoms with Crippen LogP contribution in [0.2, 0.25) is 0 Å². The van der Waals surface area contributed by atoms with Gasteiger partial charge in [-0.3, -0.25) is 9.79 Å². The van der Waals surface area contributed by atoms with Gasteiger partial charge < -0.3 is 14.5 Å². The first kappa shape index (κ1) is 14.2. The molecule has 0 fully saturated rings. The molecule has 2 aliphatic rings. The molecule has 1 atom stereocenters. The molecule has 23 heavy (non-hydrogen) atoms. The zero-order chi connectivity index (χ0) is 16.0. The van der Waals surface area contributed by atoms with Crippen molar-refractivity contribution in [1.29, 1.82) is 0 Å². The van der Waals surface area contributed by atoms with Crippen LogP contribution < -0.4 is 15.5 Å². The Morgan fingerprint density at radius 2 is 2.26 bits per heavy atom. The largest absolute Gasteiger partial charge is 0.493 e. The molecule has 118 valence electrons. The molecule has 6 nitrogen and oxygen atoms in total. The van der Waals surface area contributed by atoms with Gasteiger partial charge >= 0.3 is 0 Å². The number of aliphatic imine (C=N–C) groups is 1. The number of benzene rings is 1. The number of nitrogens with two attached hydrogens (primary N) is 1. The van der Waals surface area contributed by atoms with Gasteiger partial charge in [0.05, 0.1) is 24.4 Å². The lowest BCUT2D eigenvalue weighted by Gasteiger charge is -2.32. The van der Waals surface area contributed by atoms with Crippen molar-refractivity contribution in [2.45, 2.75) is 19.0 Å². The zero-order valence-electron chi connectivity index (χ0n) is 12.5. The van der Waals surface area contributed by atoms with Crippen molar-refractivity contribution in [2.75, 3.05) is 7.11 Å². The van der Waals surface area contributed by atoms with Crippen LogP contribution in [0.15, 0.2) is 28.6 Å². The fourth-order valence-corrected chi connectivity index (χ4v) is 3.99. The summed E-state index contributed by atoms with van der Waals surface area (Å²) >= 11 is 1.73. The minimum absolute atomic E-state index is 0.0331. The van der Waals surface area contributed by atoms with Crippen molar-refractivity contribution in [2.24, 2.45) is 10.9 Å². The van der Waals surface area contributed by atoms with Crippen molar-refractivity contribution < 1.29 is 14.4 Å². The molecule has 7 heteroatoms. The van der Waals surface area contributed by atoms with E-state index < -0.39 is 0 Å². The number of hydrogen-bond donors (Lipinski definition) is 1. The van der Waals surface area contributed by atoms with E-state index in [1.165, 1.54) is 17.6 Å². The number of carbonyl (C=O) groups excluding carboxylic acids is 1. The highest BCUT2D eigenvalue weighted by molar-refractivity contribution is 7.10. The maximum Gasteiger partial charge on any atom is 0.257 e. The Morgan fingerprint density at radius 3 is 3.04 bits per heavy atom. The molecule has 3 heterocycles. The van der Waals surface area contributed by atoms with Gasteiger partial charge in [-0.05, 0) is 23.1 Å². The lowest BCUT2D eigenvalue weighted by molar-refractivity contribution is 0.0704. The molecule has 0 radical (unpaired) electrons. The summed E-state index contributed by atoms with van der Waals surface area (Å²) in [6.07, 6.45) is 2.63. The average molecular weight is 329 g/mol. The van der Waals surface area contributed by atoms with Crippen LogP contribution in [-0.2, 0) is 13.0 Å². The maximum absolute atomic E-state index is 13.0. The number of methoxy groups -OCH3 is 1. The van der Waals surface area contributed by atoms with E-state index in [2.05, 4.69) is 16.4 Å². The van der Waals surface area contributed by atoms with Gasteiger partial charge in [-0.2, -0.15) is 5.90 Å². The average Bonchev–Trinajstić information content (AvgIpc) is 2.99. The van der Waals surface area contributed by atoms with Crippen LogP contribution in [-0.4, -0.2) is 30.2 Å². The predicted molar refractivity (Wildman–Crippen MR) is 87.6 cm³/mol. The fraction of sp³-hybridized carbons (Fsp3) is 0.250. The summed E-state index contributed by atoms with van der Waals surface area (Å²) in [6, 6.07) is 5.33. The second-order valence-electron chi connectivity index (χ2n) is 5.49. The molecule has 0 saturated heterocycles. The Balaban J connectivity index is 1.80. The Hall–Kier alpha value is -2.38. The highest BCUT2D eigenvalue weighted by Gasteiger charge is 2.33. The summed E-state index contributed by atoms with van der Waals surface area (Å²) in [5, 5.41) is 2.07. The molecule has 4 rings (SSSR count). The van der Waals surface area contributed by atoms with Crippen molar-refractivity contribution in [3.8, 4) is 11.5 Å². The third kappa shape index (κ3) is 2.20. The molecule has 0 unspecified atom stereocenters. The zero-order valence-corrected chi connectivity index (χ0v) is 13.3. The Kier molecular flexibility index (Phi) is 3.32. The minimum Gasteiger partial charge on any atom is -0.493 e. The first-order valence-corrected chi connectivity index (χ1v) is 8.08. The van der Waals surface area contributed by atoms with E-state index in [9.17, 15) is 4.79 Å². The summed E-state index contributed by atoms with van der Waals surface area (Å²) in [6.45, 7) is 0.602. The molecule has 0 aliphatic carbocycles. The van der Waals surface area contributed by atoms with Crippen molar-refractivity contribution in [3.63, 3.8) is 0 Å². The molecule has 2 aliphatic heterocycles. The quantitative estimate of drug-likeness (QED) is 0.858. The molecule has 2 aromatic rings. The van der Waals surface area contributed by atoms with Gasteiger partial charge in [0.1, 0.15) is 0 Å². The number of thiophene rings is 1. The van der Waals surface area contributed by atoms with E-state index in [0.29, 0.717) is 29.3 Å². The van der Waals surface area contributed by atoms with Gasteiger partial charge in [-0.25, -0.2) is 0 Å². The highest BCUT2D eigenvalue weighted by atomic mass is 32.1. The molecule has 2 N–H and O–H groups in total. The van der Waals surface area contributed by atoms with Crippen LogP contribution in [0.3, 0.4) is 0 Å². The van der Waals surface area contributed by atoms with E-state index in [1.54, 1.807) is 23.5 Å². The Labute approximate surface area is 137 Å². The van der Waals surface area contributed by atoms with Gasteiger partial charge in [-0.15, -0.1) is 11.3 Å². The van der Waals surface area contributed by atoms with Crippen LogP contribution in [0.1, 0.15) is 20.8 Å². The van der Waals surface area contributed by atoms with Crippen molar-refractivity contribution >= 4 is 29.1 Å². The maximum atomic E-state index is 13.0. The molecule has 0 bridgehead atoms. The summed E-state index contributed by atoms with van der Waals surface area (Å²) in [4.78, 5) is 25.5. The smallest absolute Gasteiger partial charge is 0.257 e. The monoisotopic (exact) mass is 329 g/mol. The SMILES string of the molecule is COc1cc2c(cc1ON)N=C[C@@H]1Cc3sccc3CN1C2=O. The number of nitrogens with zero attached hydrogens (tertiary/aromatic N) is 2. The van der Waals surface area contributed by atoms with Gasteiger partial charge in [0.2, 0.25) is 0 Å². The van der Waals surface area contributed by atoms with Crippen molar-refractivity contribution in [1.82, 2.24) is 4.90 Å². The van der Waals surface area contributed by atoms with Crippen LogP contribution in [0.5, 0.6) is 11.5 Å². The topological polar surface area (TPSA) is 77.2 Å². The number of ether oxygens (including phenoxy) is 1. The van der Waals surface area contributed by atoms with Gasteiger partial charge in [0.15, 0.2) is 11.5 Å². The summed E-state index contributed by atoms with van der Waals surface area (Å²) < 4.78 is 5.25. The second kappa shape index (κ2) is 5.36. The van der Waals surface area contributed by atoms with Crippen molar-refractivity contribution in [3.05, 3.63) is 39.6 Å². The van der Waals surface area contributed by atoms with Gasteiger partial charge in [-0.1, -0.05) is 0 Å². The third-order valence-corrected chi connectivity index (χ3v) is 5.24. The Bertz CT molecular complexity index is 815. The molecular weight excluding hydrogens is 314 g/mol. The number of rotatable bonds is 2. The summed E-state index contributed by atoms with van der Waals surface area (Å²) in [5.74, 6) is 5.99. The first-order valence-electron chi connectivity index (χ1n) is 7.20. The van der Waals surface area contributed by atoms with Gasteiger partial charge in [0, 0.05) is 30.1 Å². The van der Waals surface area contributed by atoms with Gasteiger partial charge in [0.25, 0.3) is 5.91 Å². The molecular formula is C16H15N3O3S. The first-order chi connectivity index (χ1) is 11.2. The predicted octanol–water partition coefficient (Wildman–Crippen LogP) is 2.29. The third-order valence-electron chi connectivity index (χ3n) is 4.26. The fourth-order valence-electron chi connectivity index (χ4n) is 3.04. The van der Waals surface area contributed by atoms with E-state index in [0.717, 1.165) is 6.42 Å².